The van der Waals surface area contributed by atoms with E-state index in [-0.39, 0.29) is 5.56 Å². The third kappa shape index (κ3) is 2.41. The van der Waals surface area contributed by atoms with E-state index in [0.29, 0.717) is 5.92 Å². The van der Waals surface area contributed by atoms with Gasteiger partial charge in [0.2, 0.25) is 0 Å². The molecule has 1 heterocycles. The first-order valence-electron chi connectivity index (χ1n) is 6.19. The highest BCUT2D eigenvalue weighted by Crippen LogP contribution is 2.16. The Hall–Kier alpha value is -1.57. The highest BCUT2D eigenvalue weighted by molar-refractivity contribution is 5.82. The van der Waals surface area contributed by atoms with Crippen LogP contribution < -0.4 is 5.56 Å². The summed E-state index contributed by atoms with van der Waals surface area (Å²) in [6, 6.07) is 9.86. The van der Waals surface area contributed by atoms with Crippen molar-refractivity contribution in [1.82, 2.24) is 4.57 Å². The summed E-state index contributed by atoms with van der Waals surface area (Å²) in [7, 11) is 0. The van der Waals surface area contributed by atoms with Crippen molar-refractivity contribution < 1.29 is 0 Å². The fourth-order valence-electron chi connectivity index (χ4n) is 2.12. The lowest BCUT2D eigenvalue weighted by Crippen LogP contribution is -2.21. The van der Waals surface area contributed by atoms with E-state index < -0.39 is 0 Å². The number of fused-ring (bicyclic) bond motifs is 1. The van der Waals surface area contributed by atoms with Crippen molar-refractivity contribution in [3.8, 4) is 0 Å². The summed E-state index contributed by atoms with van der Waals surface area (Å²) in [4.78, 5) is 12.0. The number of pyridine rings is 1. The summed E-state index contributed by atoms with van der Waals surface area (Å²) < 4.78 is 1.89. The van der Waals surface area contributed by atoms with E-state index in [1.807, 2.05) is 29.7 Å². The zero-order chi connectivity index (χ0) is 12.4. The van der Waals surface area contributed by atoms with Gasteiger partial charge in [-0.1, -0.05) is 32.0 Å². The molecule has 1 aromatic heterocycles. The van der Waals surface area contributed by atoms with Crippen molar-refractivity contribution in [1.29, 1.82) is 0 Å². The number of hydrogen-bond acceptors (Lipinski definition) is 1. The van der Waals surface area contributed by atoms with Gasteiger partial charge in [0, 0.05) is 18.0 Å². The molecule has 0 unspecified atom stereocenters. The monoisotopic (exact) mass is 229 g/mol. The third-order valence-corrected chi connectivity index (χ3v) is 3.16. The van der Waals surface area contributed by atoms with Crippen LogP contribution in [0, 0.1) is 12.8 Å². The zero-order valence-corrected chi connectivity index (χ0v) is 10.7. The van der Waals surface area contributed by atoms with Crippen molar-refractivity contribution in [2.75, 3.05) is 0 Å². The van der Waals surface area contributed by atoms with Gasteiger partial charge in [0.1, 0.15) is 0 Å². The molecule has 0 N–H and O–H groups in total. The lowest BCUT2D eigenvalue weighted by atomic mass is 10.1. The summed E-state index contributed by atoms with van der Waals surface area (Å²) in [5.41, 5.74) is 2.23. The normalized spacial score (nSPS) is 11.3. The molecule has 0 saturated carbocycles. The minimum atomic E-state index is 0.113. The van der Waals surface area contributed by atoms with Gasteiger partial charge in [-0.3, -0.25) is 4.79 Å². The molecule has 0 aliphatic rings. The topological polar surface area (TPSA) is 22.0 Å². The minimum absolute atomic E-state index is 0.113. The molecule has 1 aromatic carbocycles. The number of rotatable bonds is 3. The molecule has 2 aromatic rings. The van der Waals surface area contributed by atoms with E-state index in [9.17, 15) is 4.79 Å². The molecule has 0 amide bonds. The molecule has 2 heteroatoms. The SMILES string of the molecule is Cc1cc(=O)n(CCC(C)C)c2ccccc12. The highest BCUT2D eigenvalue weighted by atomic mass is 16.1. The minimum Gasteiger partial charge on any atom is -0.308 e. The molecule has 0 saturated heterocycles. The first kappa shape index (κ1) is 11.9. The molecule has 0 bridgehead atoms. The molecule has 90 valence electrons. The van der Waals surface area contributed by atoms with E-state index >= 15 is 0 Å². The fraction of sp³-hybridized carbons (Fsp3) is 0.400. The van der Waals surface area contributed by atoms with Crippen LogP contribution in [0.15, 0.2) is 35.1 Å². The number of benzene rings is 1. The Morgan fingerprint density at radius 1 is 1.24 bits per heavy atom. The van der Waals surface area contributed by atoms with E-state index in [1.165, 1.54) is 5.39 Å². The second-order valence-electron chi connectivity index (χ2n) is 5.02. The van der Waals surface area contributed by atoms with Gasteiger partial charge in [-0.15, -0.1) is 0 Å². The average Bonchev–Trinajstić information content (AvgIpc) is 2.28. The lowest BCUT2D eigenvalue weighted by molar-refractivity contribution is 0.516. The summed E-state index contributed by atoms with van der Waals surface area (Å²) in [6.45, 7) is 7.16. The smallest absolute Gasteiger partial charge is 0.251 e. The van der Waals surface area contributed by atoms with E-state index in [1.54, 1.807) is 6.07 Å². The second-order valence-corrected chi connectivity index (χ2v) is 5.02. The maximum atomic E-state index is 12.0. The van der Waals surface area contributed by atoms with E-state index in [4.69, 9.17) is 0 Å². The molecule has 0 aliphatic carbocycles. The van der Waals surface area contributed by atoms with Crippen molar-refractivity contribution in [2.45, 2.75) is 33.7 Å². The summed E-state index contributed by atoms with van der Waals surface area (Å²) in [6.07, 6.45) is 1.03. The fourth-order valence-corrected chi connectivity index (χ4v) is 2.12. The summed E-state index contributed by atoms with van der Waals surface area (Å²) >= 11 is 0. The lowest BCUT2D eigenvalue weighted by Gasteiger charge is -2.12. The van der Waals surface area contributed by atoms with Crippen LogP contribution in [0.3, 0.4) is 0 Å². The number of aryl methyl sites for hydroxylation is 2. The van der Waals surface area contributed by atoms with Gasteiger partial charge in [-0.2, -0.15) is 0 Å². The Bertz CT molecular complexity index is 581. The molecule has 2 nitrogen and oxygen atoms in total. The zero-order valence-electron chi connectivity index (χ0n) is 10.7. The Morgan fingerprint density at radius 3 is 2.65 bits per heavy atom. The van der Waals surface area contributed by atoms with Crippen LogP contribution in [0.4, 0.5) is 0 Å². The van der Waals surface area contributed by atoms with Gasteiger partial charge in [0.25, 0.3) is 5.56 Å². The van der Waals surface area contributed by atoms with Crippen molar-refractivity contribution in [3.05, 3.63) is 46.2 Å². The van der Waals surface area contributed by atoms with Crippen LogP contribution in [0.25, 0.3) is 10.9 Å². The Labute approximate surface area is 102 Å². The molecule has 2 rings (SSSR count). The summed E-state index contributed by atoms with van der Waals surface area (Å²) in [5.74, 6) is 0.613. The van der Waals surface area contributed by atoms with Crippen molar-refractivity contribution >= 4 is 10.9 Å². The molecule has 0 atom stereocenters. The largest absolute Gasteiger partial charge is 0.308 e. The van der Waals surface area contributed by atoms with Gasteiger partial charge in [-0.25, -0.2) is 0 Å². The van der Waals surface area contributed by atoms with Gasteiger partial charge in [0.05, 0.1) is 5.52 Å². The van der Waals surface area contributed by atoms with Gasteiger partial charge in [0.15, 0.2) is 0 Å². The van der Waals surface area contributed by atoms with Crippen LogP contribution >= 0.6 is 0 Å². The van der Waals surface area contributed by atoms with Crippen LogP contribution in [0.2, 0.25) is 0 Å². The van der Waals surface area contributed by atoms with Crippen LogP contribution in [-0.4, -0.2) is 4.57 Å². The molecule has 0 fully saturated rings. The van der Waals surface area contributed by atoms with Crippen LogP contribution in [0.1, 0.15) is 25.8 Å². The van der Waals surface area contributed by atoms with E-state index in [2.05, 4.69) is 19.9 Å². The number of nitrogens with zero attached hydrogens (tertiary/aromatic N) is 1. The van der Waals surface area contributed by atoms with E-state index in [0.717, 1.165) is 24.0 Å². The highest BCUT2D eigenvalue weighted by Gasteiger charge is 2.06. The number of para-hydroxylation sites is 1. The van der Waals surface area contributed by atoms with Crippen molar-refractivity contribution in [2.24, 2.45) is 5.92 Å². The maximum Gasteiger partial charge on any atom is 0.251 e. The molecule has 17 heavy (non-hydrogen) atoms. The van der Waals surface area contributed by atoms with Crippen LogP contribution in [-0.2, 0) is 6.54 Å². The van der Waals surface area contributed by atoms with Crippen molar-refractivity contribution in [3.63, 3.8) is 0 Å². The predicted octanol–water partition coefficient (Wildman–Crippen LogP) is 3.36. The number of aromatic nitrogens is 1. The molecule has 0 aliphatic heterocycles. The quantitative estimate of drug-likeness (QED) is 0.791. The van der Waals surface area contributed by atoms with Gasteiger partial charge in [-0.05, 0) is 30.9 Å². The summed E-state index contributed by atoms with van der Waals surface area (Å²) in [5, 5.41) is 1.18. The average molecular weight is 229 g/mol. The molecule has 0 spiro atoms. The van der Waals surface area contributed by atoms with Gasteiger partial charge < -0.3 is 4.57 Å². The maximum absolute atomic E-state index is 12.0. The Kier molecular flexibility index (Phi) is 3.32. The van der Waals surface area contributed by atoms with Crippen LogP contribution in [0.5, 0.6) is 0 Å². The molecular weight excluding hydrogens is 210 g/mol. The standard InChI is InChI=1S/C15H19NO/c1-11(2)8-9-16-14-7-5-4-6-13(14)12(3)10-15(16)17/h4-7,10-11H,8-9H2,1-3H3. The third-order valence-electron chi connectivity index (χ3n) is 3.16. The Balaban J connectivity index is 2.57. The predicted molar refractivity (Wildman–Crippen MR) is 72.4 cm³/mol. The number of hydrogen-bond donors (Lipinski definition) is 0. The Morgan fingerprint density at radius 2 is 1.94 bits per heavy atom. The van der Waals surface area contributed by atoms with Gasteiger partial charge >= 0.3 is 0 Å². The molecular formula is C15H19NO. The first-order chi connectivity index (χ1) is 8.09. The first-order valence-corrected chi connectivity index (χ1v) is 6.19. The molecule has 0 radical (unpaired) electrons. The second kappa shape index (κ2) is 4.74.